The first-order chi connectivity index (χ1) is 14.0. The molecule has 29 heavy (non-hydrogen) atoms. The molecule has 4 aromatic rings. The van der Waals surface area contributed by atoms with E-state index in [1.165, 1.54) is 30.5 Å². The lowest BCUT2D eigenvalue weighted by molar-refractivity contribution is 0.415. The normalized spacial score (nSPS) is 11.4. The molecule has 4 rings (SSSR count). The maximum Gasteiger partial charge on any atom is 0.266 e. The molecule has 0 aliphatic heterocycles. The summed E-state index contributed by atoms with van der Waals surface area (Å²) in [6.07, 6.45) is 1.45. The molecule has 7 nitrogen and oxygen atoms in total. The van der Waals surface area contributed by atoms with Crippen LogP contribution in [0.15, 0.2) is 85.7 Å². The SMILES string of the molecule is COc1ccc(Nc2oc(-c3ccco3)nc2S(=O)(=O)c2ccc(Cl)cc2)cc1. The minimum Gasteiger partial charge on any atom is -0.497 e. The van der Waals surface area contributed by atoms with Crippen molar-refractivity contribution in [3.8, 4) is 17.4 Å². The molecule has 0 radical (unpaired) electrons. The fourth-order valence-corrected chi connectivity index (χ4v) is 3.99. The van der Waals surface area contributed by atoms with E-state index in [9.17, 15) is 8.42 Å². The Balaban J connectivity index is 1.79. The first kappa shape index (κ1) is 19.1. The summed E-state index contributed by atoms with van der Waals surface area (Å²) >= 11 is 5.88. The summed E-state index contributed by atoms with van der Waals surface area (Å²) in [5, 5.41) is 3.13. The van der Waals surface area contributed by atoms with Gasteiger partial charge in [0.15, 0.2) is 5.76 Å². The molecule has 0 atom stereocenters. The molecule has 0 saturated carbocycles. The maximum absolute atomic E-state index is 13.2. The van der Waals surface area contributed by atoms with Crippen molar-refractivity contribution < 1.29 is 22.0 Å². The van der Waals surface area contributed by atoms with Gasteiger partial charge >= 0.3 is 0 Å². The van der Waals surface area contributed by atoms with Gasteiger partial charge in [0.25, 0.3) is 5.89 Å². The Labute approximate surface area is 171 Å². The molecular formula is C20H15ClN2O5S. The topological polar surface area (TPSA) is 94.6 Å². The Kier molecular flexibility index (Phi) is 5.04. The Bertz CT molecular complexity index is 1220. The molecule has 2 aromatic heterocycles. The smallest absolute Gasteiger partial charge is 0.266 e. The van der Waals surface area contributed by atoms with E-state index in [-0.39, 0.29) is 21.7 Å². The standard InChI is InChI=1S/C20H15ClN2O5S/c1-26-15-8-6-14(7-9-15)22-19-20(23-18(28-19)17-3-2-12-27-17)29(24,25)16-10-4-13(21)5-11-16/h2-12,22H,1H3. The lowest BCUT2D eigenvalue weighted by Crippen LogP contribution is -2.05. The van der Waals surface area contributed by atoms with Crippen molar-refractivity contribution in [3.05, 3.63) is 71.9 Å². The van der Waals surface area contributed by atoms with E-state index in [0.29, 0.717) is 22.2 Å². The van der Waals surface area contributed by atoms with Crippen LogP contribution in [0.5, 0.6) is 5.75 Å². The number of oxazole rings is 1. The van der Waals surface area contributed by atoms with Crippen molar-refractivity contribution in [2.75, 3.05) is 12.4 Å². The van der Waals surface area contributed by atoms with Gasteiger partial charge in [0, 0.05) is 10.7 Å². The van der Waals surface area contributed by atoms with Gasteiger partial charge in [0.1, 0.15) is 5.75 Å². The minimum absolute atomic E-state index is 0.0310. The van der Waals surface area contributed by atoms with Crippen molar-refractivity contribution in [3.63, 3.8) is 0 Å². The van der Waals surface area contributed by atoms with E-state index < -0.39 is 9.84 Å². The number of methoxy groups -OCH3 is 1. The summed E-state index contributed by atoms with van der Waals surface area (Å²) in [4.78, 5) is 4.23. The third-order valence-electron chi connectivity index (χ3n) is 4.05. The highest BCUT2D eigenvalue weighted by Gasteiger charge is 2.29. The third kappa shape index (κ3) is 3.85. The second-order valence-corrected chi connectivity index (χ2v) is 8.24. The summed E-state index contributed by atoms with van der Waals surface area (Å²) in [5.74, 6) is 0.980. The van der Waals surface area contributed by atoms with E-state index >= 15 is 0 Å². The fraction of sp³-hybridized carbons (Fsp3) is 0.0500. The molecule has 0 saturated heterocycles. The quantitative estimate of drug-likeness (QED) is 0.450. The highest BCUT2D eigenvalue weighted by Crippen LogP contribution is 2.34. The van der Waals surface area contributed by atoms with E-state index in [4.69, 9.17) is 25.2 Å². The summed E-state index contributed by atoms with van der Waals surface area (Å²) in [6.45, 7) is 0. The third-order valence-corrected chi connectivity index (χ3v) is 5.98. The van der Waals surface area contributed by atoms with E-state index in [1.54, 1.807) is 43.5 Å². The van der Waals surface area contributed by atoms with Crippen molar-refractivity contribution in [2.24, 2.45) is 0 Å². The van der Waals surface area contributed by atoms with Crippen LogP contribution in [0.2, 0.25) is 5.02 Å². The number of halogens is 1. The number of aromatic nitrogens is 1. The van der Waals surface area contributed by atoms with Gasteiger partial charge in [-0.1, -0.05) is 11.6 Å². The zero-order valence-corrected chi connectivity index (χ0v) is 16.7. The molecule has 0 bridgehead atoms. The number of hydrogen-bond acceptors (Lipinski definition) is 7. The first-order valence-corrected chi connectivity index (χ1v) is 10.3. The number of benzene rings is 2. The van der Waals surface area contributed by atoms with Crippen LogP contribution in [0.3, 0.4) is 0 Å². The predicted octanol–water partition coefficient (Wildman–Crippen LogP) is 5.17. The summed E-state index contributed by atoms with van der Waals surface area (Å²) in [7, 11) is -2.42. The number of nitrogens with zero attached hydrogens (tertiary/aromatic N) is 1. The van der Waals surface area contributed by atoms with Crippen molar-refractivity contribution >= 4 is 33.0 Å². The molecule has 9 heteroatoms. The second-order valence-electron chi connectivity index (χ2n) is 5.94. The first-order valence-electron chi connectivity index (χ1n) is 8.44. The number of furan rings is 1. The largest absolute Gasteiger partial charge is 0.497 e. The molecule has 2 heterocycles. The lowest BCUT2D eigenvalue weighted by Gasteiger charge is -2.07. The average molecular weight is 431 g/mol. The zero-order valence-electron chi connectivity index (χ0n) is 15.1. The van der Waals surface area contributed by atoms with Gasteiger partial charge in [-0.05, 0) is 60.7 Å². The minimum atomic E-state index is -3.98. The van der Waals surface area contributed by atoms with E-state index in [0.717, 1.165) is 0 Å². The van der Waals surface area contributed by atoms with Crippen LogP contribution in [-0.4, -0.2) is 20.5 Å². The monoisotopic (exact) mass is 430 g/mol. The van der Waals surface area contributed by atoms with Crippen LogP contribution < -0.4 is 10.1 Å². The highest BCUT2D eigenvalue weighted by atomic mass is 35.5. The van der Waals surface area contributed by atoms with Gasteiger partial charge in [-0.3, -0.25) is 0 Å². The van der Waals surface area contributed by atoms with Crippen LogP contribution in [-0.2, 0) is 9.84 Å². The van der Waals surface area contributed by atoms with E-state index in [1.807, 2.05) is 0 Å². The number of hydrogen-bond donors (Lipinski definition) is 1. The highest BCUT2D eigenvalue weighted by molar-refractivity contribution is 7.91. The van der Waals surface area contributed by atoms with Crippen LogP contribution in [0, 0.1) is 0 Å². The number of sulfone groups is 1. The van der Waals surface area contributed by atoms with Gasteiger partial charge in [-0.2, -0.15) is 4.98 Å². The molecule has 148 valence electrons. The van der Waals surface area contributed by atoms with Gasteiger partial charge in [0.05, 0.1) is 18.3 Å². The van der Waals surface area contributed by atoms with Gasteiger partial charge in [-0.25, -0.2) is 8.42 Å². The zero-order chi connectivity index (χ0) is 20.4. The Morgan fingerprint density at radius 2 is 1.76 bits per heavy atom. The van der Waals surface area contributed by atoms with Crippen molar-refractivity contribution in [2.45, 2.75) is 9.92 Å². The Hall–Kier alpha value is -3.23. The molecular weight excluding hydrogens is 416 g/mol. The number of anilines is 2. The van der Waals surface area contributed by atoms with Gasteiger partial charge in [0.2, 0.25) is 20.7 Å². The summed E-state index contributed by atoms with van der Waals surface area (Å²) in [6, 6.07) is 16.0. The molecule has 1 N–H and O–H groups in total. The summed E-state index contributed by atoms with van der Waals surface area (Å²) in [5.41, 5.74) is 0.598. The molecule has 0 amide bonds. The Morgan fingerprint density at radius 3 is 2.38 bits per heavy atom. The van der Waals surface area contributed by atoms with Crippen molar-refractivity contribution in [1.29, 1.82) is 0 Å². The van der Waals surface area contributed by atoms with Gasteiger partial charge < -0.3 is 18.9 Å². The average Bonchev–Trinajstić information content (AvgIpc) is 3.39. The molecule has 2 aromatic carbocycles. The molecule has 0 fully saturated rings. The molecule has 0 unspecified atom stereocenters. The van der Waals surface area contributed by atoms with Gasteiger partial charge in [-0.15, -0.1) is 0 Å². The lowest BCUT2D eigenvalue weighted by atomic mass is 10.3. The number of nitrogens with one attached hydrogen (secondary N) is 1. The van der Waals surface area contributed by atoms with Crippen LogP contribution in [0.25, 0.3) is 11.7 Å². The Morgan fingerprint density at radius 1 is 1.03 bits per heavy atom. The second kappa shape index (κ2) is 7.65. The predicted molar refractivity (Wildman–Crippen MR) is 107 cm³/mol. The van der Waals surface area contributed by atoms with Crippen molar-refractivity contribution in [1.82, 2.24) is 4.98 Å². The summed E-state index contributed by atoms with van der Waals surface area (Å²) < 4.78 is 42.5. The maximum atomic E-state index is 13.2. The van der Waals surface area contributed by atoms with E-state index in [2.05, 4.69) is 10.3 Å². The molecule has 0 aliphatic rings. The number of rotatable bonds is 6. The number of ether oxygens (including phenoxy) is 1. The van der Waals surface area contributed by atoms with Crippen LogP contribution in [0.1, 0.15) is 0 Å². The molecule has 0 spiro atoms. The molecule has 0 aliphatic carbocycles. The van der Waals surface area contributed by atoms with Crippen LogP contribution >= 0.6 is 11.6 Å². The van der Waals surface area contributed by atoms with Crippen LogP contribution in [0.4, 0.5) is 11.6 Å². The fourth-order valence-electron chi connectivity index (χ4n) is 2.60.